The van der Waals surface area contributed by atoms with Gasteiger partial charge in [-0.3, -0.25) is 9.59 Å². The average Bonchev–Trinajstić information content (AvgIpc) is 2.67. The van der Waals surface area contributed by atoms with Gasteiger partial charge in [0.05, 0.1) is 0 Å². The lowest BCUT2D eigenvalue weighted by molar-refractivity contribution is -0.119. The fourth-order valence-corrected chi connectivity index (χ4v) is 3.03. The third-order valence-corrected chi connectivity index (χ3v) is 4.59. The van der Waals surface area contributed by atoms with Gasteiger partial charge in [0, 0.05) is 29.4 Å². The Balaban J connectivity index is 1.95. The molecule has 0 aliphatic carbocycles. The van der Waals surface area contributed by atoms with Crippen molar-refractivity contribution in [1.82, 2.24) is 0 Å². The van der Waals surface area contributed by atoms with Crippen LogP contribution >= 0.6 is 0 Å². The van der Waals surface area contributed by atoms with Gasteiger partial charge >= 0.3 is 0 Å². The third-order valence-electron chi connectivity index (χ3n) is 4.59. The lowest BCUT2D eigenvalue weighted by Gasteiger charge is -2.17. The van der Waals surface area contributed by atoms with Crippen LogP contribution in [0.4, 0.5) is 5.69 Å². The Morgan fingerprint density at radius 1 is 1.17 bits per heavy atom. The van der Waals surface area contributed by atoms with E-state index in [0.29, 0.717) is 11.4 Å². The number of hydrogen-bond donors (Lipinski definition) is 3. The number of nitrogens with one attached hydrogen (secondary N) is 1. The van der Waals surface area contributed by atoms with Gasteiger partial charge in [-0.2, -0.15) is 0 Å². The standard InChI is InChI=1S/C22H24N4O3/c1-13-3-5-15-6-4-14(2)22(25-11-17(15)7-13)26-18-8-16(21(24)28)9-19(10-18)29-12-20(23)27/h3,5-11,14H,4,12H2,1-2H3,(H2,23,27)(H2,24,28)(H,25,26)/b15-6-,17-11-. The number of benzene rings is 2. The van der Waals surface area contributed by atoms with Crippen molar-refractivity contribution in [3.8, 4) is 5.75 Å². The molecule has 2 aromatic rings. The zero-order valence-electron chi connectivity index (χ0n) is 16.4. The molecule has 2 aromatic carbocycles. The normalized spacial score (nSPS) is 17.9. The minimum absolute atomic E-state index is 0.118. The number of carbonyl (C=O) groups is 2. The molecule has 0 saturated heterocycles. The number of ether oxygens (including phenoxy) is 1. The van der Waals surface area contributed by atoms with Gasteiger partial charge in [-0.25, -0.2) is 4.99 Å². The summed E-state index contributed by atoms with van der Waals surface area (Å²) in [6.07, 6.45) is 4.82. The first-order valence-corrected chi connectivity index (χ1v) is 9.29. The van der Waals surface area contributed by atoms with E-state index >= 15 is 0 Å². The first kappa shape index (κ1) is 20.1. The van der Waals surface area contributed by atoms with Gasteiger partial charge in [0.2, 0.25) is 5.91 Å². The number of primary amides is 2. The predicted octanol–water partition coefficient (Wildman–Crippen LogP) is 1.03. The summed E-state index contributed by atoms with van der Waals surface area (Å²) in [5, 5.41) is 5.47. The molecule has 0 spiro atoms. The molecule has 0 saturated carbocycles. The maximum atomic E-state index is 11.7. The van der Waals surface area contributed by atoms with E-state index in [1.165, 1.54) is 6.07 Å². The summed E-state index contributed by atoms with van der Waals surface area (Å²) in [5.41, 5.74) is 12.6. The van der Waals surface area contributed by atoms with Gasteiger partial charge < -0.3 is 21.5 Å². The predicted molar refractivity (Wildman–Crippen MR) is 114 cm³/mol. The van der Waals surface area contributed by atoms with Crippen LogP contribution in [0.15, 0.2) is 41.4 Å². The summed E-state index contributed by atoms with van der Waals surface area (Å²) in [6, 6.07) is 11.0. The van der Waals surface area contributed by atoms with Gasteiger partial charge in [-0.1, -0.05) is 30.7 Å². The summed E-state index contributed by atoms with van der Waals surface area (Å²) in [5.74, 6) is -0.0300. The number of hydrogen-bond acceptors (Lipinski definition) is 5. The van der Waals surface area contributed by atoms with Gasteiger partial charge in [0.15, 0.2) is 6.61 Å². The molecular formula is C22H24N4O3. The monoisotopic (exact) mass is 392 g/mol. The number of nitrogens with two attached hydrogens (primary N) is 2. The molecule has 7 nitrogen and oxygen atoms in total. The topological polar surface area (TPSA) is 120 Å². The first-order valence-electron chi connectivity index (χ1n) is 9.29. The Hall–Kier alpha value is -3.61. The van der Waals surface area contributed by atoms with Crippen molar-refractivity contribution < 1.29 is 14.3 Å². The van der Waals surface area contributed by atoms with E-state index in [2.05, 4.69) is 41.5 Å². The smallest absolute Gasteiger partial charge is 0.255 e. The van der Waals surface area contributed by atoms with Gasteiger partial charge in [0.25, 0.3) is 5.91 Å². The van der Waals surface area contributed by atoms with E-state index in [4.69, 9.17) is 16.2 Å². The van der Waals surface area contributed by atoms with Gasteiger partial charge in [0.1, 0.15) is 11.6 Å². The van der Waals surface area contributed by atoms with Crippen molar-refractivity contribution in [2.24, 2.45) is 22.4 Å². The van der Waals surface area contributed by atoms with E-state index in [-0.39, 0.29) is 18.1 Å². The molecule has 5 N–H and O–H groups in total. The SMILES string of the molecule is Cc1ccc2/c(c1)=C\N=C(Nc1cc(OCC(N)=O)cc(C(N)=O)c1)C(C)C\C=2. The van der Waals surface area contributed by atoms with Gasteiger partial charge in [-0.05, 0) is 42.0 Å². The second-order valence-corrected chi connectivity index (χ2v) is 7.11. The molecule has 1 aliphatic rings. The Bertz CT molecular complexity index is 1110. The fraction of sp³-hybridized carbons (Fsp3) is 0.227. The summed E-state index contributed by atoms with van der Waals surface area (Å²) in [7, 11) is 0. The van der Waals surface area contributed by atoms with Crippen molar-refractivity contribution in [2.75, 3.05) is 11.9 Å². The fourth-order valence-electron chi connectivity index (χ4n) is 3.03. The molecule has 1 unspecified atom stereocenters. The Kier molecular flexibility index (Phi) is 5.97. The van der Waals surface area contributed by atoms with Crippen molar-refractivity contribution in [3.05, 3.63) is 58.0 Å². The zero-order valence-corrected chi connectivity index (χ0v) is 16.4. The highest BCUT2D eigenvalue weighted by Gasteiger charge is 2.13. The van der Waals surface area contributed by atoms with Crippen LogP contribution in [0.1, 0.15) is 29.3 Å². The number of aliphatic imine (C=N–C) groups is 1. The zero-order chi connectivity index (χ0) is 21.0. The van der Waals surface area contributed by atoms with Crippen LogP contribution in [0.2, 0.25) is 0 Å². The number of nitrogens with zero attached hydrogens (tertiary/aromatic N) is 1. The summed E-state index contributed by atoms with van der Waals surface area (Å²) < 4.78 is 5.34. The van der Waals surface area contributed by atoms with E-state index in [0.717, 1.165) is 28.3 Å². The lowest BCUT2D eigenvalue weighted by Crippen LogP contribution is -2.29. The number of amidine groups is 1. The van der Waals surface area contributed by atoms with Gasteiger partial charge in [-0.15, -0.1) is 0 Å². The molecule has 29 heavy (non-hydrogen) atoms. The number of amides is 2. The molecule has 0 aromatic heterocycles. The molecule has 0 bridgehead atoms. The molecule has 1 aliphatic heterocycles. The molecule has 3 rings (SSSR count). The Morgan fingerprint density at radius 2 is 1.97 bits per heavy atom. The first-order chi connectivity index (χ1) is 13.8. The number of anilines is 1. The molecule has 1 atom stereocenters. The number of rotatable bonds is 5. The van der Waals surface area contributed by atoms with Crippen molar-refractivity contribution in [3.63, 3.8) is 0 Å². The number of carbonyl (C=O) groups excluding carboxylic acids is 2. The quantitative estimate of drug-likeness (QED) is 0.704. The molecule has 0 fully saturated rings. The summed E-state index contributed by atoms with van der Waals surface area (Å²) in [6.45, 7) is 3.82. The molecule has 0 radical (unpaired) electrons. The number of fused-ring (bicyclic) bond motifs is 1. The Labute approximate surface area is 168 Å². The number of aryl methyl sites for hydroxylation is 1. The molecule has 150 valence electrons. The van der Waals surface area contributed by atoms with Crippen molar-refractivity contribution in [1.29, 1.82) is 0 Å². The molecule has 1 heterocycles. The van der Waals surface area contributed by atoms with Crippen LogP contribution in [-0.4, -0.2) is 24.3 Å². The lowest BCUT2D eigenvalue weighted by atomic mass is 10.0. The highest BCUT2D eigenvalue weighted by molar-refractivity contribution is 6.01. The third kappa shape index (κ3) is 5.22. The second kappa shape index (κ2) is 8.60. The minimum Gasteiger partial charge on any atom is -0.484 e. The van der Waals surface area contributed by atoms with Crippen LogP contribution in [0.25, 0.3) is 12.3 Å². The highest BCUT2D eigenvalue weighted by Crippen LogP contribution is 2.22. The van der Waals surface area contributed by atoms with Crippen LogP contribution < -0.4 is 32.0 Å². The van der Waals surface area contributed by atoms with Crippen LogP contribution in [0.3, 0.4) is 0 Å². The largest absolute Gasteiger partial charge is 0.484 e. The van der Waals surface area contributed by atoms with Crippen molar-refractivity contribution in [2.45, 2.75) is 20.3 Å². The average molecular weight is 392 g/mol. The summed E-state index contributed by atoms with van der Waals surface area (Å²) in [4.78, 5) is 27.3. The van der Waals surface area contributed by atoms with E-state index in [9.17, 15) is 9.59 Å². The maximum absolute atomic E-state index is 11.7. The minimum atomic E-state index is -0.610. The van der Waals surface area contributed by atoms with E-state index < -0.39 is 11.8 Å². The maximum Gasteiger partial charge on any atom is 0.255 e. The van der Waals surface area contributed by atoms with E-state index in [1.54, 1.807) is 12.1 Å². The van der Waals surface area contributed by atoms with Crippen molar-refractivity contribution >= 4 is 35.6 Å². The molecular weight excluding hydrogens is 368 g/mol. The van der Waals surface area contributed by atoms with Crippen LogP contribution in [0.5, 0.6) is 5.75 Å². The molecule has 2 amide bonds. The summed E-state index contributed by atoms with van der Waals surface area (Å²) >= 11 is 0. The highest BCUT2D eigenvalue weighted by atomic mass is 16.5. The van der Waals surface area contributed by atoms with Crippen LogP contribution in [0, 0.1) is 12.8 Å². The Morgan fingerprint density at radius 3 is 2.69 bits per heavy atom. The van der Waals surface area contributed by atoms with Crippen LogP contribution in [-0.2, 0) is 4.79 Å². The second-order valence-electron chi connectivity index (χ2n) is 7.11. The molecule has 7 heteroatoms. The van der Waals surface area contributed by atoms with E-state index in [1.807, 2.05) is 13.1 Å².